The van der Waals surface area contributed by atoms with Crippen LogP contribution in [0.2, 0.25) is 0 Å². The van der Waals surface area contributed by atoms with E-state index in [0.717, 1.165) is 51.4 Å². The van der Waals surface area contributed by atoms with Gasteiger partial charge in [0.25, 0.3) is 0 Å². The molecule has 0 bridgehead atoms. The van der Waals surface area contributed by atoms with E-state index in [1.807, 2.05) is 0 Å². The minimum Gasteiger partial charge on any atom is -0.493 e. The van der Waals surface area contributed by atoms with Crippen molar-refractivity contribution in [1.29, 1.82) is 0 Å². The fraction of sp³-hybridized carbons (Fsp3) is 0.788. The van der Waals surface area contributed by atoms with Gasteiger partial charge in [-0.15, -0.1) is 0 Å². The van der Waals surface area contributed by atoms with Crippen LogP contribution in [-0.2, 0) is 4.79 Å². The van der Waals surface area contributed by atoms with Gasteiger partial charge in [-0.3, -0.25) is 4.79 Å². The van der Waals surface area contributed by atoms with E-state index in [2.05, 4.69) is 26.1 Å². The summed E-state index contributed by atoms with van der Waals surface area (Å²) < 4.78 is 16.2. The van der Waals surface area contributed by atoms with E-state index in [0.29, 0.717) is 41.2 Å². The maximum atomic E-state index is 13.0. The lowest BCUT2D eigenvalue weighted by molar-refractivity contribution is -0.207. The number of carbonyl (C=O) groups excluding carboxylic acids is 1. The SMILES string of the molecule is COc1cc(NC(=O)CC[C@@H](C)[C@H]2CC[C@H]3[C@@H]4[C@H](O)C[C@@H]5C[C@H](O)CC[C@]5(C)[C@H]4C[C@H](O)[C@]23C)cc(OC)c1OC. The largest absolute Gasteiger partial charge is 0.493 e. The summed E-state index contributed by atoms with van der Waals surface area (Å²) in [6.45, 7) is 6.85. The number of rotatable bonds is 8. The molecule has 8 nitrogen and oxygen atoms in total. The number of carbonyl (C=O) groups is 1. The Bertz CT molecular complexity index is 1090. The molecule has 0 aromatic heterocycles. The predicted octanol–water partition coefficient (Wildman–Crippen LogP) is 5.03. The lowest BCUT2D eigenvalue weighted by Crippen LogP contribution is -2.62. The first-order valence-corrected chi connectivity index (χ1v) is 15.6. The van der Waals surface area contributed by atoms with Crippen LogP contribution in [0.15, 0.2) is 12.1 Å². The van der Waals surface area contributed by atoms with Gasteiger partial charge >= 0.3 is 0 Å². The lowest BCUT2D eigenvalue weighted by atomic mass is 9.43. The highest BCUT2D eigenvalue weighted by Crippen LogP contribution is 2.68. The maximum absolute atomic E-state index is 13.0. The molecule has 4 fully saturated rings. The topological polar surface area (TPSA) is 117 Å². The normalized spacial score (nSPS) is 40.5. The van der Waals surface area contributed by atoms with E-state index in [1.165, 1.54) is 0 Å². The summed E-state index contributed by atoms with van der Waals surface area (Å²) in [4.78, 5) is 13.0. The molecular formula is C33H51NO7. The van der Waals surface area contributed by atoms with Gasteiger partial charge in [-0.1, -0.05) is 20.8 Å². The molecule has 0 heterocycles. The molecule has 0 aliphatic heterocycles. The van der Waals surface area contributed by atoms with E-state index < -0.39 is 6.10 Å². The summed E-state index contributed by atoms with van der Waals surface area (Å²) in [5.74, 6) is 3.01. The highest BCUT2D eigenvalue weighted by Gasteiger charge is 2.65. The van der Waals surface area contributed by atoms with Crippen LogP contribution >= 0.6 is 0 Å². The fourth-order valence-electron chi connectivity index (χ4n) is 10.1. The van der Waals surface area contributed by atoms with Crippen molar-refractivity contribution in [3.63, 3.8) is 0 Å². The molecule has 0 radical (unpaired) electrons. The fourth-order valence-corrected chi connectivity index (χ4v) is 10.1. The molecule has 1 aromatic rings. The number of hydrogen-bond donors (Lipinski definition) is 4. The molecule has 0 spiro atoms. The van der Waals surface area contributed by atoms with E-state index in [4.69, 9.17) is 14.2 Å². The molecule has 41 heavy (non-hydrogen) atoms. The van der Waals surface area contributed by atoms with E-state index in [9.17, 15) is 20.1 Å². The van der Waals surface area contributed by atoms with Crippen LogP contribution in [0.4, 0.5) is 5.69 Å². The van der Waals surface area contributed by atoms with Crippen LogP contribution in [0.25, 0.3) is 0 Å². The van der Waals surface area contributed by atoms with Gasteiger partial charge in [0.2, 0.25) is 11.7 Å². The summed E-state index contributed by atoms with van der Waals surface area (Å²) in [7, 11) is 4.64. The van der Waals surface area contributed by atoms with Crippen LogP contribution in [0.3, 0.4) is 0 Å². The van der Waals surface area contributed by atoms with Crippen molar-refractivity contribution in [3.05, 3.63) is 12.1 Å². The zero-order valence-electron chi connectivity index (χ0n) is 25.7. The second kappa shape index (κ2) is 11.6. The Labute approximate surface area is 245 Å². The van der Waals surface area contributed by atoms with Gasteiger partial charge in [0.15, 0.2) is 11.5 Å². The van der Waals surface area contributed by atoms with E-state index in [-0.39, 0.29) is 52.6 Å². The zero-order chi connectivity index (χ0) is 29.7. The first-order chi connectivity index (χ1) is 19.5. The number of hydrogen-bond acceptors (Lipinski definition) is 7. The molecule has 5 rings (SSSR count). The first kappa shape index (κ1) is 30.4. The summed E-state index contributed by atoms with van der Waals surface area (Å²) in [6.07, 6.45) is 6.12. The third-order valence-electron chi connectivity index (χ3n) is 12.3. The molecule has 0 saturated heterocycles. The van der Waals surface area contributed by atoms with Crippen molar-refractivity contribution in [2.24, 2.45) is 46.3 Å². The number of amides is 1. The average molecular weight is 574 g/mol. The zero-order valence-corrected chi connectivity index (χ0v) is 25.7. The van der Waals surface area contributed by atoms with Crippen LogP contribution in [0.5, 0.6) is 17.2 Å². The van der Waals surface area contributed by atoms with Gasteiger partial charge in [-0.2, -0.15) is 0 Å². The highest BCUT2D eigenvalue weighted by atomic mass is 16.5. The van der Waals surface area contributed by atoms with Crippen molar-refractivity contribution >= 4 is 11.6 Å². The number of ether oxygens (including phenoxy) is 3. The summed E-state index contributed by atoms with van der Waals surface area (Å²) in [6, 6.07) is 3.46. The standard InChI is InChI=1S/C33H51NO7/c1-18(7-10-29(38)34-20-15-26(39-4)31(41-6)27(16-20)40-5)22-8-9-23-30-24(17-28(37)33(22,23)3)32(2)12-11-21(35)13-19(32)14-25(30)36/h15-16,18-19,21-25,28,30,35-37H,7-14,17H2,1-6H3,(H,34,38)/t18-,19+,21-,22-,23+,24+,25-,28+,30+,32+,33-/m1/s1. The van der Waals surface area contributed by atoms with Crippen molar-refractivity contribution in [1.82, 2.24) is 0 Å². The molecule has 230 valence electrons. The summed E-state index contributed by atoms with van der Waals surface area (Å²) in [5.41, 5.74) is 0.388. The Balaban J connectivity index is 1.26. The summed E-state index contributed by atoms with van der Waals surface area (Å²) >= 11 is 0. The van der Waals surface area contributed by atoms with Gasteiger partial charge < -0.3 is 34.8 Å². The third kappa shape index (κ3) is 5.12. The summed E-state index contributed by atoms with van der Waals surface area (Å²) in [5, 5.41) is 36.6. The van der Waals surface area contributed by atoms with Gasteiger partial charge in [0.1, 0.15) is 0 Å². The maximum Gasteiger partial charge on any atom is 0.224 e. The Morgan fingerprint density at radius 1 is 0.976 bits per heavy atom. The van der Waals surface area contributed by atoms with Crippen LogP contribution < -0.4 is 19.5 Å². The van der Waals surface area contributed by atoms with Crippen LogP contribution in [0.1, 0.15) is 78.6 Å². The molecule has 4 N–H and O–H groups in total. The Hall–Kier alpha value is -2.03. The molecule has 4 saturated carbocycles. The Kier molecular flexibility index (Phi) is 8.59. The van der Waals surface area contributed by atoms with Gasteiger partial charge in [-0.05, 0) is 97.7 Å². The average Bonchev–Trinajstić information content (AvgIpc) is 3.31. The first-order valence-electron chi connectivity index (χ1n) is 15.6. The molecule has 0 unspecified atom stereocenters. The number of anilines is 1. The number of aliphatic hydroxyl groups excluding tert-OH is 3. The molecule has 1 aromatic carbocycles. The Morgan fingerprint density at radius 3 is 2.29 bits per heavy atom. The van der Waals surface area contributed by atoms with Crippen molar-refractivity contribution in [3.8, 4) is 17.2 Å². The van der Waals surface area contributed by atoms with Crippen LogP contribution in [0, 0.1) is 46.3 Å². The number of aliphatic hydroxyl groups is 3. The molecule has 4 aliphatic rings. The minimum absolute atomic E-state index is 0.0695. The Morgan fingerprint density at radius 2 is 1.66 bits per heavy atom. The second-order valence-electron chi connectivity index (χ2n) is 14.0. The molecule has 1 amide bonds. The number of nitrogens with one attached hydrogen (secondary N) is 1. The highest BCUT2D eigenvalue weighted by molar-refractivity contribution is 5.91. The third-order valence-corrected chi connectivity index (χ3v) is 12.3. The van der Waals surface area contributed by atoms with Crippen molar-refractivity contribution in [2.75, 3.05) is 26.6 Å². The number of benzene rings is 1. The lowest BCUT2D eigenvalue weighted by Gasteiger charge is -2.63. The smallest absolute Gasteiger partial charge is 0.224 e. The number of fused-ring (bicyclic) bond motifs is 5. The van der Waals surface area contributed by atoms with Crippen LogP contribution in [-0.4, -0.2) is 60.9 Å². The minimum atomic E-state index is -0.425. The van der Waals surface area contributed by atoms with Gasteiger partial charge in [-0.25, -0.2) is 0 Å². The van der Waals surface area contributed by atoms with E-state index >= 15 is 0 Å². The molecule has 11 atom stereocenters. The number of methoxy groups -OCH3 is 3. The van der Waals surface area contributed by atoms with Crippen molar-refractivity contribution < 1.29 is 34.3 Å². The molecule has 4 aliphatic carbocycles. The second-order valence-corrected chi connectivity index (χ2v) is 14.0. The molecular weight excluding hydrogens is 522 g/mol. The predicted molar refractivity (Wildman–Crippen MR) is 157 cm³/mol. The quantitative estimate of drug-likeness (QED) is 0.345. The van der Waals surface area contributed by atoms with E-state index in [1.54, 1.807) is 33.5 Å². The monoisotopic (exact) mass is 573 g/mol. The molecule has 8 heteroatoms. The van der Waals surface area contributed by atoms with Crippen molar-refractivity contribution in [2.45, 2.75) is 96.9 Å². The van der Waals surface area contributed by atoms with Gasteiger partial charge in [0, 0.05) is 24.2 Å². The van der Waals surface area contributed by atoms with Gasteiger partial charge in [0.05, 0.1) is 39.6 Å².